The highest BCUT2D eigenvalue weighted by atomic mass is 16.4. The monoisotopic (exact) mass is 452 g/mol. The molecule has 0 aliphatic heterocycles. The van der Waals surface area contributed by atoms with Gasteiger partial charge in [0.05, 0.1) is 22.1 Å². The first kappa shape index (κ1) is 20.1. The molecule has 0 aliphatic carbocycles. The molecule has 0 unspecified atom stereocenters. The van der Waals surface area contributed by atoms with Gasteiger partial charge in [-0.15, -0.1) is 0 Å². The van der Waals surface area contributed by atoms with Crippen molar-refractivity contribution in [2.75, 3.05) is 0 Å². The van der Waals surface area contributed by atoms with Crippen molar-refractivity contribution in [1.29, 1.82) is 0 Å². The van der Waals surface area contributed by atoms with Crippen LogP contribution in [0.5, 0.6) is 0 Å². The predicted octanol–water partition coefficient (Wildman–Crippen LogP) is 5.56. The Morgan fingerprint density at radius 3 is 1.57 bits per heavy atom. The van der Waals surface area contributed by atoms with E-state index in [1.807, 2.05) is 30.3 Å². The van der Waals surface area contributed by atoms with Crippen molar-refractivity contribution in [3.8, 4) is 11.4 Å². The molecule has 5 aromatic carbocycles. The molecular formula is C30H21BN2O2. The lowest BCUT2D eigenvalue weighted by molar-refractivity contribution is 0.426. The highest BCUT2D eigenvalue weighted by Crippen LogP contribution is 2.41. The number of hydrogen-bond donors (Lipinski definition) is 2. The number of benzene rings is 5. The summed E-state index contributed by atoms with van der Waals surface area (Å²) < 4.78 is 4.59. The van der Waals surface area contributed by atoms with Gasteiger partial charge in [0, 0.05) is 32.9 Å². The quantitative estimate of drug-likeness (QED) is 0.345. The summed E-state index contributed by atoms with van der Waals surface area (Å²) in [5.41, 5.74) is 6.89. The second-order valence-corrected chi connectivity index (χ2v) is 8.87. The third-order valence-electron chi connectivity index (χ3n) is 6.91. The fourth-order valence-electron chi connectivity index (χ4n) is 5.44. The van der Waals surface area contributed by atoms with Crippen molar-refractivity contribution in [3.63, 3.8) is 0 Å². The van der Waals surface area contributed by atoms with Crippen molar-refractivity contribution in [2.24, 2.45) is 0 Å². The number of hydrogen-bond acceptors (Lipinski definition) is 2. The minimum Gasteiger partial charge on any atom is -0.423 e. The highest BCUT2D eigenvalue weighted by Gasteiger charge is 2.21. The number of para-hydroxylation sites is 3. The van der Waals surface area contributed by atoms with E-state index in [0.717, 1.165) is 44.2 Å². The molecule has 5 heteroatoms. The zero-order chi connectivity index (χ0) is 23.5. The second kappa shape index (κ2) is 7.60. The average molecular weight is 452 g/mol. The van der Waals surface area contributed by atoms with Gasteiger partial charge in [-0.05, 0) is 41.9 Å². The zero-order valence-electron chi connectivity index (χ0n) is 18.8. The fraction of sp³-hybridized carbons (Fsp3) is 0. The molecule has 0 atom stereocenters. The van der Waals surface area contributed by atoms with Crippen LogP contribution in [0.15, 0.2) is 115 Å². The summed E-state index contributed by atoms with van der Waals surface area (Å²) in [6, 6.07) is 39.3. The van der Waals surface area contributed by atoms with Crippen LogP contribution in [0.3, 0.4) is 0 Å². The third-order valence-corrected chi connectivity index (χ3v) is 6.91. The first-order valence-electron chi connectivity index (χ1n) is 11.7. The molecule has 35 heavy (non-hydrogen) atoms. The Bertz CT molecular complexity index is 1880. The molecule has 2 N–H and O–H groups in total. The van der Waals surface area contributed by atoms with Crippen molar-refractivity contribution < 1.29 is 10.0 Å². The lowest BCUT2D eigenvalue weighted by Crippen LogP contribution is -2.29. The molecule has 7 aromatic rings. The van der Waals surface area contributed by atoms with Gasteiger partial charge >= 0.3 is 7.12 Å². The van der Waals surface area contributed by atoms with E-state index in [4.69, 9.17) is 0 Å². The standard InChI is InChI=1S/C30H21BN2O2/c34-31(35)20-9-8-12-22(19-20)33-28-16-7-5-14-24(28)26-18-17-25-23-13-4-6-15-27(23)32(29(25)30(26)33)21-10-2-1-3-11-21/h1-19,34-35H. The van der Waals surface area contributed by atoms with Crippen LogP contribution >= 0.6 is 0 Å². The number of fused-ring (bicyclic) bond motifs is 7. The summed E-state index contributed by atoms with van der Waals surface area (Å²) >= 11 is 0. The molecule has 0 fully saturated rings. The van der Waals surface area contributed by atoms with Gasteiger partial charge in [-0.3, -0.25) is 0 Å². The summed E-state index contributed by atoms with van der Waals surface area (Å²) in [5.74, 6) is 0. The molecule has 0 saturated heterocycles. The van der Waals surface area contributed by atoms with E-state index in [1.54, 1.807) is 6.07 Å². The maximum atomic E-state index is 9.87. The van der Waals surface area contributed by atoms with Crippen LogP contribution in [0.2, 0.25) is 0 Å². The second-order valence-electron chi connectivity index (χ2n) is 8.87. The summed E-state index contributed by atoms with van der Waals surface area (Å²) in [7, 11) is -1.53. The van der Waals surface area contributed by atoms with Gasteiger partial charge in [0.15, 0.2) is 0 Å². The van der Waals surface area contributed by atoms with Crippen LogP contribution < -0.4 is 5.46 Å². The zero-order valence-corrected chi connectivity index (χ0v) is 18.8. The smallest absolute Gasteiger partial charge is 0.423 e. The Morgan fingerprint density at radius 1 is 0.457 bits per heavy atom. The first-order valence-corrected chi connectivity index (χ1v) is 11.7. The third kappa shape index (κ3) is 2.89. The van der Waals surface area contributed by atoms with E-state index >= 15 is 0 Å². The molecule has 0 aliphatic rings. The molecule has 2 aromatic heterocycles. The Hall–Kier alpha value is -4.32. The van der Waals surface area contributed by atoms with Gasteiger partial charge in [-0.25, -0.2) is 0 Å². The van der Waals surface area contributed by atoms with Crippen LogP contribution in [0.4, 0.5) is 0 Å². The van der Waals surface area contributed by atoms with Crippen LogP contribution in [0.1, 0.15) is 0 Å². The lowest BCUT2D eigenvalue weighted by atomic mass is 9.80. The molecule has 0 spiro atoms. The van der Waals surface area contributed by atoms with E-state index in [2.05, 4.69) is 88.0 Å². The van der Waals surface area contributed by atoms with Crippen LogP contribution in [0.25, 0.3) is 55.0 Å². The van der Waals surface area contributed by atoms with Gasteiger partial charge in [0.1, 0.15) is 0 Å². The molecule has 0 radical (unpaired) electrons. The maximum Gasteiger partial charge on any atom is 0.488 e. The van der Waals surface area contributed by atoms with Gasteiger partial charge in [0.2, 0.25) is 0 Å². The summed E-state index contributed by atoms with van der Waals surface area (Å²) in [5, 5.41) is 24.4. The van der Waals surface area contributed by atoms with Gasteiger partial charge in [0.25, 0.3) is 0 Å². The normalized spacial score (nSPS) is 11.7. The molecule has 2 heterocycles. The largest absolute Gasteiger partial charge is 0.488 e. The first-order chi connectivity index (χ1) is 17.2. The molecule has 0 amide bonds. The SMILES string of the molecule is OB(O)c1cccc(-n2c3ccccc3c3ccc4c5ccccc5n(-c5ccccc5)c4c32)c1. The minimum atomic E-state index is -1.53. The Balaban J connectivity index is 1.75. The number of aromatic nitrogens is 2. The maximum absolute atomic E-state index is 9.87. The van der Waals surface area contributed by atoms with Crippen LogP contribution in [-0.4, -0.2) is 26.3 Å². The Labute approximate surface area is 202 Å². The number of rotatable bonds is 3. The van der Waals surface area contributed by atoms with Crippen LogP contribution in [-0.2, 0) is 0 Å². The summed E-state index contributed by atoms with van der Waals surface area (Å²) in [6.07, 6.45) is 0. The number of nitrogens with zero attached hydrogens (tertiary/aromatic N) is 2. The van der Waals surface area contributed by atoms with Crippen molar-refractivity contribution in [2.45, 2.75) is 0 Å². The Kier molecular flexibility index (Phi) is 4.36. The molecule has 0 bridgehead atoms. The van der Waals surface area contributed by atoms with Crippen molar-refractivity contribution in [1.82, 2.24) is 9.13 Å². The summed E-state index contributed by atoms with van der Waals surface area (Å²) in [6.45, 7) is 0. The van der Waals surface area contributed by atoms with E-state index in [1.165, 1.54) is 10.8 Å². The van der Waals surface area contributed by atoms with E-state index in [0.29, 0.717) is 5.46 Å². The average Bonchev–Trinajstić information content (AvgIpc) is 3.42. The molecule has 7 rings (SSSR count). The van der Waals surface area contributed by atoms with Gasteiger partial charge in [-0.2, -0.15) is 0 Å². The van der Waals surface area contributed by atoms with Crippen molar-refractivity contribution >= 4 is 56.2 Å². The van der Waals surface area contributed by atoms with Gasteiger partial charge in [-0.1, -0.05) is 78.9 Å². The molecular weight excluding hydrogens is 431 g/mol. The van der Waals surface area contributed by atoms with Gasteiger partial charge < -0.3 is 19.2 Å². The lowest BCUT2D eigenvalue weighted by Gasteiger charge is -2.13. The van der Waals surface area contributed by atoms with E-state index in [-0.39, 0.29) is 0 Å². The van der Waals surface area contributed by atoms with E-state index in [9.17, 15) is 10.0 Å². The minimum absolute atomic E-state index is 0.462. The topological polar surface area (TPSA) is 50.3 Å². The summed E-state index contributed by atoms with van der Waals surface area (Å²) in [4.78, 5) is 0. The van der Waals surface area contributed by atoms with Crippen LogP contribution in [0, 0.1) is 0 Å². The molecule has 166 valence electrons. The van der Waals surface area contributed by atoms with Crippen molar-refractivity contribution in [3.05, 3.63) is 115 Å². The predicted molar refractivity (Wildman–Crippen MR) is 145 cm³/mol. The molecule has 0 saturated carbocycles. The molecule has 4 nitrogen and oxygen atoms in total. The highest BCUT2D eigenvalue weighted by molar-refractivity contribution is 6.58. The Morgan fingerprint density at radius 2 is 0.971 bits per heavy atom. The fourth-order valence-corrected chi connectivity index (χ4v) is 5.44. The van der Waals surface area contributed by atoms with E-state index < -0.39 is 7.12 Å².